The average molecular weight is 456 g/mol. The Balaban J connectivity index is 2.05. The lowest BCUT2D eigenvalue weighted by molar-refractivity contribution is 0.0526. The summed E-state index contributed by atoms with van der Waals surface area (Å²) >= 11 is 3.24. The zero-order valence-electron chi connectivity index (χ0n) is 15.4. The lowest BCUT2D eigenvalue weighted by atomic mass is 10.2. The second-order valence-corrected chi connectivity index (χ2v) is 8.72. The maximum atomic E-state index is 12.8. The van der Waals surface area contributed by atoms with Crippen molar-refractivity contribution in [3.8, 4) is 5.75 Å². The zero-order valence-corrected chi connectivity index (χ0v) is 17.8. The van der Waals surface area contributed by atoms with Gasteiger partial charge in [-0.15, -0.1) is 0 Å². The van der Waals surface area contributed by atoms with E-state index in [9.17, 15) is 13.2 Å². The highest BCUT2D eigenvalue weighted by atomic mass is 79.9. The van der Waals surface area contributed by atoms with E-state index in [0.717, 1.165) is 5.56 Å². The summed E-state index contributed by atoms with van der Waals surface area (Å²) in [7, 11) is -2.25. The van der Waals surface area contributed by atoms with E-state index in [2.05, 4.69) is 15.9 Å². The molecule has 0 N–H and O–H groups in total. The lowest BCUT2D eigenvalue weighted by Gasteiger charge is -2.18. The highest BCUT2D eigenvalue weighted by molar-refractivity contribution is 9.10. The molecule has 0 unspecified atom stereocenters. The van der Waals surface area contributed by atoms with Crippen molar-refractivity contribution < 1.29 is 22.7 Å². The molecule has 2 aromatic carbocycles. The Kier molecular flexibility index (Phi) is 7.41. The maximum Gasteiger partial charge on any atom is 0.338 e. The van der Waals surface area contributed by atoms with E-state index in [1.54, 1.807) is 6.92 Å². The number of aryl methyl sites for hydroxylation is 1. The Morgan fingerprint density at radius 2 is 1.81 bits per heavy atom. The summed E-state index contributed by atoms with van der Waals surface area (Å²) in [5.74, 6) is 0.188. The van der Waals surface area contributed by atoms with Crippen LogP contribution in [0.25, 0.3) is 0 Å². The predicted molar refractivity (Wildman–Crippen MR) is 107 cm³/mol. The molecule has 0 aliphatic rings. The fourth-order valence-corrected chi connectivity index (χ4v) is 4.45. The fraction of sp³-hybridized carbons (Fsp3) is 0.316. The molecule has 8 heteroatoms. The molecule has 0 atom stereocenters. The first-order chi connectivity index (χ1) is 12.8. The van der Waals surface area contributed by atoms with E-state index in [-0.39, 0.29) is 30.2 Å². The number of halogens is 1. The summed E-state index contributed by atoms with van der Waals surface area (Å²) in [6.45, 7) is 4.34. The average Bonchev–Trinajstić information content (AvgIpc) is 2.63. The largest absolute Gasteiger partial charge is 0.492 e. The van der Waals surface area contributed by atoms with E-state index in [0.29, 0.717) is 10.2 Å². The Bertz CT molecular complexity index is 897. The van der Waals surface area contributed by atoms with Gasteiger partial charge in [0.15, 0.2) is 0 Å². The van der Waals surface area contributed by atoms with Gasteiger partial charge in [0.25, 0.3) is 0 Å². The predicted octanol–water partition coefficient (Wildman–Crippen LogP) is 3.63. The first kappa shape index (κ1) is 21.4. The number of ether oxygens (including phenoxy) is 2. The number of hydrogen-bond donors (Lipinski definition) is 0. The molecule has 0 aliphatic carbocycles. The van der Waals surface area contributed by atoms with Crippen molar-refractivity contribution in [3.05, 3.63) is 58.1 Å². The van der Waals surface area contributed by atoms with Crippen molar-refractivity contribution in [1.29, 1.82) is 0 Å². The third-order valence-electron chi connectivity index (χ3n) is 3.83. The molecule has 27 heavy (non-hydrogen) atoms. The van der Waals surface area contributed by atoms with Crippen molar-refractivity contribution in [2.45, 2.75) is 18.7 Å². The number of benzene rings is 2. The number of carbonyl (C=O) groups is 1. The number of esters is 1. The summed E-state index contributed by atoms with van der Waals surface area (Å²) in [5, 5.41) is 0. The van der Waals surface area contributed by atoms with Gasteiger partial charge < -0.3 is 9.47 Å². The second kappa shape index (κ2) is 9.34. The smallest absolute Gasteiger partial charge is 0.338 e. The quantitative estimate of drug-likeness (QED) is 0.568. The van der Waals surface area contributed by atoms with Gasteiger partial charge in [-0.2, -0.15) is 4.31 Å². The first-order valence-corrected chi connectivity index (χ1v) is 10.6. The Hall–Kier alpha value is -1.90. The van der Waals surface area contributed by atoms with Crippen LogP contribution in [0, 0.1) is 6.92 Å². The van der Waals surface area contributed by atoms with Crippen LogP contribution in [-0.2, 0) is 14.8 Å². The molecule has 0 spiro atoms. The van der Waals surface area contributed by atoms with Crippen molar-refractivity contribution in [2.24, 2.45) is 0 Å². The summed E-state index contributed by atoms with van der Waals surface area (Å²) in [5.41, 5.74) is 1.41. The minimum atomic E-state index is -3.73. The minimum Gasteiger partial charge on any atom is -0.492 e. The van der Waals surface area contributed by atoms with Crippen molar-refractivity contribution >= 4 is 31.9 Å². The molecular weight excluding hydrogens is 434 g/mol. The van der Waals surface area contributed by atoms with E-state index in [1.165, 1.54) is 29.6 Å². The van der Waals surface area contributed by atoms with Crippen LogP contribution in [-0.4, -0.2) is 45.5 Å². The zero-order chi connectivity index (χ0) is 20.0. The number of hydrogen-bond acceptors (Lipinski definition) is 5. The third kappa shape index (κ3) is 5.54. The number of nitrogens with zero attached hydrogens (tertiary/aromatic N) is 1. The number of sulfonamides is 1. The van der Waals surface area contributed by atoms with Gasteiger partial charge in [-0.3, -0.25) is 0 Å². The Labute approximate surface area is 168 Å². The number of carbonyl (C=O) groups excluding carboxylic acids is 1. The van der Waals surface area contributed by atoms with Crippen molar-refractivity contribution in [3.63, 3.8) is 0 Å². The van der Waals surface area contributed by atoms with Crippen molar-refractivity contribution in [2.75, 3.05) is 26.8 Å². The molecule has 2 aromatic rings. The Morgan fingerprint density at radius 1 is 1.15 bits per heavy atom. The summed E-state index contributed by atoms with van der Waals surface area (Å²) in [6, 6.07) is 11.8. The van der Waals surface area contributed by atoms with Crippen LogP contribution in [0.3, 0.4) is 0 Å². The van der Waals surface area contributed by atoms with Crippen LogP contribution in [0.5, 0.6) is 5.75 Å². The van der Waals surface area contributed by atoms with E-state index < -0.39 is 16.0 Å². The van der Waals surface area contributed by atoms with E-state index in [4.69, 9.17) is 9.47 Å². The number of rotatable bonds is 8. The minimum absolute atomic E-state index is 0.0772. The summed E-state index contributed by atoms with van der Waals surface area (Å²) in [4.78, 5) is 11.8. The van der Waals surface area contributed by atoms with Crippen LogP contribution in [0.15, 0.2) is 51.8 Å². The molecule has 0 saturated heterocycles. The van der Waals surface area contributed by atoms with E-state index in [1.807, 2.05) is 31.2 Å². The maximum absolute atomic E-state index is 12.8. The molecule has 0 bridgehead atoms. The fourth-order valence-electron chi connectivity index (χ4n) is 2.27. The van der Waals surface area contributed by atoms with Gasteiger partial charge in [0, 0.05) is 18.1 Å². The highest BCUT2D eigenvalue weighted by Gasteiger charge is 2.24. The summed E-state index contributed by atoms with van der Waals surface area (Å²) < 4.78 is 37.6. The van der Waals surface area contributed by atoms with Gasteiger partial charge in [-0.1, -0.05) is 17.7 Å². The van der Waals surface area contributed by atoms with Crippen LogP contribution < -0.4 is 4.74 Å². The molecule has 2 rings (SSSR count). The molecule has 146 valence electrons. The van der Waals surface area contributed by atoms with Crippen LogP contribution in [0.2, 0.25) is 0 Å². The molecule has 0 aromatic heterocycles. The van der Waals surface area contributed by atoms with Gasteiger partial charge in [0.1, 0.15) is 12.4 Å². The lowest BCUT2D eigenvalue weighted by Crippen LogP contribution is -2.31. The topological polar surface area (TPSA) is 72.9 Å². The van der Waals surface area contributed by atoms with Gasteiger partial charge in [0.2, 0.25) is 10.0 Å². The molecule has 0 fully saturated rings. The molecule has 0 radical (unpaired) electrons. The molecule has 0 heterocycles. The van der Waals surface area contributed by atoms with Gasteiger partial charge in [0.05, 0.1) is 17.1 Å². The standard InChI is InChI=1S/C19H22BrNO5S/c1-4-25-19(22)15-7-10-18(17(20)13-15)27(23,24)21(3)11-12-26-16-8-5-14(2)6-9-16/h5-10,13H,4,11-12H2,1-3H3. The van der Waals surface area contributed by atoms with Crippen LogP contribution in [0.4, 0.5) is 0 Å². The van der Waals surface area contributed by atoms with Gasteiger partial charge in [-0.05, 0) is 60.1 Å². The molecule has 0 amide bonds. The normalized spacial score (nSPS) is 11.4. The molecule has 0 aliphatic heterocycles. The van der Waals surface area contributed by atoms with Crippen LogP contribution >= 0.6 is 15.9 Å². The van der Waals surface area contributed by atoms with Gasteiger partial charge in [-0.25, -0.2) is 13.2 Å². The van der Waals surface area contributed by atoms with E-state index >= 15 is 0 Å². The highest BCUT2D eigenvalue weighted by Crippen LogP contribution is 2.26. The summed E-state index contributed by atoms with van der Waals surface area (Å²) in [6.07, 6.45) is 0. The SMILES string of the molecule is CCOC(=O)c1ccc(S(=O)(=O)N(C)CCOc2ccc(C)cc2)c(Br)c1. The Morgan fingerprint density at radius 3 is 2.41 bits per heavy atom. The monoisotopic (exact) mass is 455 g/mol. The van der Waals surface area contributed by atoms with Gasteiger partial charge >= 0.3 is 5.97 Å². The van der Waals surface area contributed by atoms with Crippen molar-refractivity contribution in [1.82, 2.24) is 4.31 Å². The molecular formula is C19H22BrNO5S. The van der Waals surface area contributed by atoms with Crippen LogP contribution in [0.1, 0.15) is 22.8 Å². The second-order valence-electron chi connectivity index (χ2n) is 5.85. The number of likely N-dealkylation sites (N-methyl/N-ethyl adjacent to an activating group) is 1. The third-order valence-corrected chi connectivity index (χ3v) is 6.66. The molecule has 0 saturated carbocycles. The first-order valence-electron chi connectivity index (χ1n) is 8.38. The molecule has 6 nitrogen and oxygen atoms in total.